The van der Waals surface area contributed by atoms with Crippen molar-refractivity contribution in [1.82, 2.24) is 15.1 Å². The van der Waals surface area contributed by atoms with E-state index in [4.69, 9.17) is 0 Å². The molecule has 1 rings (SSSR count). The van der Waals surface area contributed by atoms with Gasteiger partial charge in [0.05, 0.1) is 0 Å². The number of nitrogens with zero attached hydrogens (tertiary/aromatic N) is 2. The molecule has 0 aliphatic carbocycles. The zero-order valence-electron chi connectivity index (χ0n) is 8.95. The molecule has 1 aromatic rings. The molecule has 14 heavy (non-hydrogen) atoms. The van der Waals surface area contributed by atoms with Crippen LogP contribution in [0.5, 0.6) is 0 Å². The van der Waals surface area contributed by atoms with Gasteiger partial charge in [-0.15, -0.1) is 0 Å². The second-order valence-corrected chi connectivity index (χ2v) is 3.83. The first-order valence-electron chi connectivity index (χ1n) is 4.84. The van der Waals surface area contributed by atoms with E-state index in [0.29, 0.717) is 12.5 Å². The largest absolute Gasteiger partial charge is 0.354 e. The molecule has 1 amide bonds. The van der Waals surface area contributed by atoms with Crippen molar-refractivity contribution in [2.45, 2.75) is 27.3 Å². The number of nitrogens with one attached hydrogen (secondary N) is 1. The fourth-order valence-electron chi connectivity index (χ4n) is 1.07. The Labute approximate surface area is 84.3 Å². The Kier molecular flexibility index (Phi) is 3.68. The minimum atomic E-state index is 0.0190. The van der Waals surface area contributed by atoms with Gasteiger partial charge in [0.2, 0.25) is 5.91 Å². The predicted octanol–water partition coefficient (Wildman–Crippen LogP) is 0.964. The number of aromatic nitrogens is 2. The Morgan fingerprint density at radius 1 is 1.64 bits per heavy atom. The van der Waals surface area contributed by atoms with Crippen LogP contribution < -0.4 is 5.32 Å². The molecule has 0 saturated heterocycles. The smallest absolute Gasteiger partial charge is 0.241 e. The van der Waals surface area contributed by atoms with E-state index in [0.717, 1.165) is 12.2 Å². The first-order valence-corrected chi connectivity index (χ1v) is 4.84. The minimum Gasteiger partial charge on any atom is -0.354 e. The van der Waals surface area contributed by atoms with Gasteiger partial charge in [0.15, 0.2) is 0 Å². The molecule has 0 atom stereocenters. The van der Waals surface area contributed by atoms with Crippen LogP contribution in [-0.2, 0) is 11.3 Å². The molecule has 0 fully saturated rings. The molecule has 0 aliphatic heterocycles. The van der Waals surface area contributed by atoms with Gasteiger partial charge in [-0.2, -0.15) is 5.10 Å². The molecule has 0 spiro atoms. The maximum atomic E-state index is 11.4. The first kappa shape index (κ1) is 10.8. The fraction of sp³-hybridized carbons (Fsp3) is 0.600. The second-order valence-electron chi connectivity index (χ2n) is 3.83. The van der Waals surface area contributed by atoms with Gasteiger partial charge in [-0.05, 0) is 18.9 Å². The lowest BCUT2D eigenvalue weighted by atomic mass is 10.2. The van der Waals surface area contributed by atoms with Gasteiger partial charge in [-0.3, -0.25) is 9.48 Å². The van der Waals surface area contributed by atoms with Crippen LogP contribution in [-0.4, -0.2) is 22.2 Å². The van der Waals surface area contributed by atoms with Crippen molar-refractivity contribution in [2.75, 3.05) is 6.54 Å². The van der Waals surface area contributed by atoms with Crippen LogP contribution in [0.1, 0.15) is 19.5 Å². The van der Waals surface area contributed by atoms with E-state index >= 15 is 0 Å². The molecule has 0 aromatic carbocycles. The summed E-state index contributed by atoms with van der Waals surface area (Å²) in [6.07, 6.45) is 1.70. The van der Waals surface area contributed by atoms with Crippen LogP contribution in [0.4, 0.5) is 0 Å². The lowest BCUT2D eigenvalue weighted by Crippen LogP contribution is -2.31. The molecule has 4 nitrogen and oxygen atoms in total. The van der Waals surface area contributed by atoms with E-state index in [-0.39, 0.29) is 5.91 Å². The quantitative estimate of drug-likeness (QED) is 0.778. The summed E-state index contributed by atoms with van der Waals surface area (Å²) in [6, 6.07) is 1.88. The summed E-state index contributed by atoms with van der Waals surface area (Å²) < 4.78 is 1.69. The molecule has 0 unspecified atom stereocenters. The van der Waals surface area contributed by atoms with E-state index in [2.05, 4.69) is 24.3 Å². The first-order chi connectivity index (χ1) is 6.59. The molecule has 0 bridgehead atoms. The Morgan fingerprint density at radius 3 is 2.86 bits per heavy atom. The topological polar surface area (TPSA) is 46.9 Å². The van der Waals surface area contributed by atoms with E-state index in [1.807, 2.05) is 13.0 Å². The number of aryl methyl sites for hydroxylation is 1. The standard InChI is InChI=1S/C10H17N3O/c1-8(2)6-11-10(14)7-13-9(3)4-5-12-13/h4-5,8H,6-7H2,1-3H3,(H,11,14). The maximum absolute atomic E-state index is 11.4. The van der Waals surface area contributed by atoms with E-state index in [1.54, 1.807) is 10.9 Å². The van der Waals surface area contributed by atoms with Gasteiger partial charge >= 0.3 is 0 Å². The van der Waals surface area contributed by atoms with Crippen molar-refractivity contribution >= 4 is 5.91 Å². The zero-order chi connectivity index (χ0) is 10.6. The molecule has 78 valence electrons. The van der Waals surface area contributed by atoms with Gasteiger partial charge in [0.25, 0.3) is 0 Å². The van der Waals surface area contributed by atoms with Crippen LogP contribution in [0, 0.1) is 12.8 Å². The van der Waals surface area contributed by atoms with E-state index in [1.165, 1.54) is 0 Å². The third kappa shape index (κ3) is 3.20. The molecule has 1 N–H and O–H groups in total. The Bertz CT molecular complexity index is 304. The van der Waals surface area contributed by atoms with E-state index in [9.17, 15) is 4.79 Å². The van der Waals surface area contributed by atoms with E-state index < -0.39 is 0 Å². The summed E-state index contributed by atoms with van der Waals surface area (Å²) >= 11 is 0. The number of carbonyl (C=O) groups is 1. The Balaban J connectivity index is 2.38. The zero-order valence-corrected chi connectivity index (χ0v) is 8.95. The maximum Gasteiger partial charge on any atom is 0.241 e. The molecular weight excluding hydrogens is 178 g/mol. The summed E-state index contributed by atoms with van der Waals surface area (Å²) in [5.41, 5.74) is 1.00. The molecule has 0 radical (unpaired) electrons. The number of hydrogen-bond acceptors (Lipinski definition) is 2. The molecular formula is C10H17N3O. The number of amides is 1. The Hall–Kier alpha value is -1.32. The van der Waals surface area contributed by atoms with Crippen LogP contribution in [0.3, 0.4) is 0 Å². The number of rotatable bonds is 4. The molecule has 0 saturated carbocycles. The van der Waals surface area contributed by atoms with Crippen LogP contribution in [0.15, 0.2) is 12.3 Å². The third-order valence-electron chi connectivity index (χ3n) is 1.93. The second kappa shape index (κ2) is 4.79. The number of carbonyl (C=O) groups excluding carboxylic acids is 1. The average Bonchev–Trinajstić information content (AvgIpc) is 2.49. The van der Waals surface area contributed by atoms with Crippen LogP contribution >= 0.6 is 0 Å². The van der Waals surface area contributed by atoms with Crippen molar-refractivity contribution < 1.29 is 4.79 Å². The molecule has 4 heteroatoms. The fourth-order valence-corrected chi connectivity index (χ4v) is 1.07. The lowest BCUT2D eigenvalue weighted by molar-refractivity contribution is -0.122. The Morgan fingerprint density at radius 2 is 2.36 bits per heavy atom. The van der Waals surface area contributed by atoms with Gasteiger partial charge in [-0.25, -0.2) is 0 Å². The van der Waals surface area contributed by atoms with Gasteiger partial charge in [0, 0.05) is 18.4 Å². The highest BCUT2D eigenvalue weighted by Gasteiger charge is 2.04. The van der Waals surface area contributed by atoms with Crippen LogP contribution in [0.25, 0.3) is 0 Å². The van der Waals surface area contributed by atoms with Crippen molar-refractivity contribution in [3.63, 3.8) is 0 Å². The highest BCUT2D eigenvalue weighted by Crippen LogP contribution is 1.95. The summed E-state index contributed by atoms with van der Waals surface area (Å²) in [4.78, 5) is 11.4. The van der Waals surface area contributed by atoms with Crippen molar-refractivity contribution in [2.24, 2.45) is 5.92 Å². The lowest BCUT2D eigenvalue weighted by Gasteiger charge is -2.08. The summed E-state index contributed by atoms with van der Waals surface area (Å²) in [6.45, 7) is 7.10. The van der Waals surface area contributed by atoms with Gasteiger partial charge < -0.3 is 5.32 Å². The third-order valence-corrected chi connectivity index (χ3v) is 1.93. The predicted molar refractivity (Wildman–Crippen MR) is 54.8 cm³/mol. The van der Waals surface area contributed by atoms with Crippen molar-refractivity contribution in [1.29, 1.82) is 0 Å². The molecule has 0 aliphatic rings. The minimum absolute atomic E-state index is 0.0190. The normalized spacial score (nSPS) is 10.6. The number of hydrogen-bond donors (Lipinski definition) is 1. The summed E-state index contributed by atoms with van der Waals surface area (Å²) in [5, 5.41) is 6.89. The van der Waals surface area contributed by atoms with Crippen molar-refractivity contribution in [3.8, 4) is 0 Å². The highest BCUT2D eigenvalue weighted by atomic mass is 16.2. The highest BCUT2D eigenvalue weighted by molar-refractivity contribution is 5.75. The van der Waals surface area contributed by atoms with Gasteiger partial charge in [-0.1, -0.05) is 13.8 Å². The molecule has 1 heterocycles. The summed E-state index contributed by atoms with van der Waals surface area (Å²) in [5.74, 6) is 0.503. The monoisotopic (exact) mass is 195 g/mol. The van der Waals surface area contributed by atoms with Crippen LogP contribution in [0.2, 0.25) is 0 Å². The van der Waals surface area contributed by atoms with Crippen molar-refractivity contribution in [3.05, 3.63) is 18.0 Å². The summed E-state index contributed by atoms with van der Waals surface area (Å²) in [7, 11) is 0. The average molecular weight is 195 g/mol. The molecule has 1 aromatic heterocycles. The SMILES string of the molecule is Cc1ccnn1CC(=O)NCC(C)C. The van der Waals surface area contributed by atoms with Gasteiger partial charge in [0.1, 0.15) is 6.54 Å².